The zero-order valence-electron chi connectivity index (χ0n) is 22.5. The van der Waals surface area contributed by atoms with Crippen molar-refractivity contribution in [3.8, 4) is 11.1 Å². The van der Waals surface area contributed by atoms with Crippen molar-refractivity contribution in [3.05, 3.63) is 91.7 Å². The van der Waals surface area contributed by atoms with Gasteiger partial charge in [-0.05, 0) is 25.5 Å². The molecule has 2 unspecified atom stereocenters. The Balaban J connectivity index is 0.000000208. The Morgan fingerprint density at radius 3 is 2.08 bits per heavy atom. The van der Waals surface area contributed by atoms with E-state index in [1.807, 2.05) is 11.3 Å². The Morgan fingerprint density at radius 2 is 1.53 bits per heavy atom. The summed E-state index contributed by atoms with van der Waals surface area (Å²) in [6.07, 6.45) is 2.38. The van der Waals surface area contributed by atoms with Crippen molar-refractivity contribution in [2.24, 2.45) is 0 Å². The molecule has 1 aromatic heterocycles. The van der Waals surface area contributed by atoms with E-state index in [0.717, 1.165) is 5.54 Å². The van der Waals surface area contributed by atoms with Crippen LogP contribution < -0.4 is 24.8 Å². The van der Waals surface area contributed by atoms with Crippen molar-refractivity contribution in [2.45, 2.75) is 69.2 Å². The Labute approximate surface area is 250 Å². The van der Waals surface area contributed by atoms with Gasteiger partial charge in [0.25, 0.3) is 0 Å². The summed E-state index contributed by atoms with van der Waals surface area (Å²) in [5.41, 5.74) is 12.9. The van der Waals surface area contributed by atoms with Gasteiger partial charge in [0.2, 0.25) is 0 Å². The molecule has 0 saturated carbocycles. The Hall–Kier alpha value is -0.700. The maximum atomic E-state index is 2.52. The van der Waals surface area contributed by atoms with Crippen LogP contribution >= 0.6 is 11.3 Å². The largest absolute Gasteiger partial charge is 1.00 e. The number of thiophene rings is 1. The second-order valence-corrected chi connectivity index (χ2v) is 19.0. The van der Waals surface area contributed by atoms with Gasteiger partial charge < -0.3 is 24.8 Å². The molecule has 3 aromatic rings. The first kappa shape index (κ1) is 29.9. The Bertz CT molecular complexity index is 1360. The molecular weight excluding hydrogens is 595 g/mol. The number of hydrogen-bond acceptors (Lipinski definition) is 1. The average Bonchev–Trinajstić information content (AvgIpc) is 3.41. The van der Waals surface area contributed by atoms with E-state index in [2.05, 4.69) is 109 Å². The second kappa shape index (κ2) is 10.5. The molecule has 0 spiro atoms. The van der Waals surface area contributed by atoms with Crippen LogP contribution in [0.2, 0.25) is 13.1 Å². The van der Waals surface area contributed by atoms with Crippen molar-refractivity contribution in [3.63, 3.8) is 0 Å². The maximum Gasteiger partial charge on any atom is -1.00 e. The van der Waals surface area contributed by atoms with Gasteiger partial charge in [0.1, 0.15) is 0 Å². The fourth-order valence-corrected chi connectivity index (χ4v) is 13.5. The van der Waals surface area contributed by atoms with Gasteiger partial charge >= 0.3 is 143 Å². The van der Waals surface area contributed by atoms with Crippen molar-refractivity contribution >= 4 is 30.7 Å². The quantitative estimate of drug-likeness (QED) is 0.363. The van der Waals surface area contributed by atoms with E-state index < -0.39 is 8.07 Å². The molecule has 4 aliphatic rings. The maximum absolute atomic E-state index is 2.52. The number of aryl methyl sites for hydroxylation is 1. The molecule has 0 fully saturated rings. The van der Waals surface area contributed by atoms with E-state index in [1.54, 1.807) is 45.9 Å². The standard InChI is InChI=1S/C20H21.C11H14SSi.2ClH.Zr/c1-14-12-16-6-5-7-18(19(16)13-14)15-8-10-17(11-9-15)20(2,3)4;1-6-5-8-9(12-6)11-7(2)10(8)13(11,3)4;;;/h5-13H,1-4H3;5,11H,1-4H3;2*1H;/q;;;;+2/p-2. The third kappa shape index (κ3) is 4.77. The number of allylic oxidation sites excluding steroid dienone is 2. The van der Waals surface area contributed by atoms with Gasteiger partial charge in [0, 0.05) is 15.3 Å². The number of rotatable bonds is 1. The third-order valence-corrected chi connectivity index (χ3v) is 15.3. The van der Waals surface area contributed by atoms with Crippen LogP contribution in [0.15, 0.2) is 59.7 Å². The number of hydrogen-bond donors (Lipinski definition) is 0. The molecule has 36 heavy (non-hydrogen) atoms. The minimum absolute atomic E-state index is 0. The zero-order valence-corrected chi connectivity index (χ0v) is 28.3. The zero-order chi connectivity index (χ0) is 24.6. The molecule has 7 rings (SSSR count). The first-order valence-electron chi connectivity index (χ1n) is 12.4. The van der Waals surface area contributed by atoms with Crippen LogP contribution in [-0.4, -0.2) is 8.07 Å². The molecule has 3 heterocycles. The van der Waals surface area contributed by atoms with E-state index in [9.17, 15) is 0 Å². The van der Waals surface area contributed by atoms with E-state index in [-0.39, 0.29) is 30.2 Å². The smallest absolute Gasteiger partial charge is 1.00 e. The monoisotopic (exact) mass is 627 g/mol. The van der Waals surface area contributed by atoms with Crippen molar-refractivity contribution < 1.29 is 49.5 Å². The molecule has 5 heteroatoms. The summed E-state index contributed by atoms with van der Waals surface area (Å²) in [7, 11) is -0.995. The number of halogens is 2. The van der Waals surface area contributed by atoms with Crippen LogP contribution in [0, 0.1) is 6.92 Å². The summed E-state index contributed by atoms with van der Waals surface area (Å²) in [6, 6.07) is 18.2. The van der Waals surface area contributed by atoms with E-state index in [4.69, 9.17) is 0 Å². The summed E-state index contributed by atoms with van der Waals surface area (Å²) >= 11 is 3.61. The molecule has 2 bridgehead atoms. The van der Waals surface area contributed by atoms with Gasteiger partial charge in [-0.2, -0.15) is 0 Å². The van der Waals surface area contributed by atoms with Crippen molar-refractivity contribution in [1.82, 2.24) is 0 Å². The molecule has 2 aromatic carbocycles. The predicted octanol–water partition coefficient (Wildman–Crippen LogP) is 3.39. The van der Waals surface area contributed by atoms with E-state index >= 15 is 0 Å². The molecule has 187 valence electrons. The molecule has 0 amide bonds. The molecule has 0 nitrogen and oxygen atoms in total. The SMILES string of the molecule is CC1=C2c3cc(C)sc3C1[Si]2(C)C.CC1=Cc2c(-c3ccc(C(C)(C)C)cc3)cccc2[CH]1[Zr+2].[Cl-].[Cl-]. The van der Waals surface area contributed by atoms with Crippen LogP contribution in [0.5, 0.6) is 0 Å². The van der Waals surface area contributed by atoms with E-state index in [1.165, 1.54) is 38.3 Å². The summed E-state index contributed by atoms with van der Waals surface area (Å²) in [6.45, 7) is 18.6. The van der Waals surface area contributed by atoms with Crippen LogP contribution in [0.25, 0.3) is 22.4 Å². The average molecular weight is 630 g/mol. The third-order valence-electron chi connectivity index (χ3n) is 7.95. The summed E-state index contributed by atoms with van der Waals surface area (Å²) in [5, 5.41) is 1.77. The molecule has 2 atom stereocenters. The van der Waals surface area contributed by atoms with Gasteiger partial charge in [-0.25, -0.2) is 0 Å². The minimum atomic E-state index is -0.995. The van der Waals surface area contributed by atoms with Crippen LogP contribution in [0.1, 0.15) is 75.8 Å². The molecule has 0 radical (unpaired) electrons. The first-order valence-corrected chi connectivity index (χ1v) is 17.7. The van der Waals surface area contributed by atoms with Gasteiger partial charge in [0.05, 0.1) is 8.07 Å². The normalized spacial score (nSPS) is 20.2. The van der Waals surface area contributed by atoms with Gasteiger partial charge in [-0.1, -0.05) is 23.9 Å². The van der Waals surface area contributed by atoms with Crippen molar-refractivity contribution in [2.75, 3.05) is 0 Å². The molecule has 0 saturated heterocycles. The van der Waals surface area contributed by atoms with Gasteiger partial charge in [0.15, 0.2) is 0 Å². The predicted molar refractivity (Wildman–Crippen MR) is 149 cm³/mol. The molecular formula is C31H35Cl2SSiZr. The fraction of sp³-hybridized carbons (Fsp3) is 0.355. The Kier molecular flexibility index (Phi) is 8.67. The summed E-state index contributed by atoms with van der Waals surface area (Å²) < 4.78 is 0.640. The van der Waals surface area contributed by atoms with Crippen LogP contribution in [0.3, 0.4) is 0 Å². The van der Waals surface area contributed by atoms with Crippen LogP contribution in [0.4, 0.5) is 0 Å². The van der Waals surface area contributed by atoms with Crippen LogP contribution in [-0.2, 0) is 30.1 Å². The number of benzene rings is 2. The summed E-state index contributed by atoms with van der Waals surface area (Å²) in [5.74, 6) is 0. The molecule has 0 N–H and O–H groups in total. The van der Waals surface area contributed by atoms with Gasteiger partial charge in [-0.3, -0.25) is 0 Å². The van der Waals surface area contributed by atoms with Crippen molar-refractivity contribution in [1.29, 1.82) is 0 Å². The topological polar surface area (TPSA) is 0 Å². The number of fused-ring (bicyclic) bond motifs is 1. The van der Waals surface area contributed by atoms with E-state index in [0.29, 0.717) is 3.63 Å². The Morgan fingerprint density at radius 1 is 0.889 bits per heavy atom. The molecule has 2 aliphatic heterocycles. The second-order valence-electron chi connectivity index (χ2n) is 11.8. The minimum Gasteiger partial charge on any atom is -1.00 e. The fourth-order valence-electron chi connectivity index (χ4n) is 6.24. The first-order chi connectivity index (χ1) is 15.9. The summed E-state index contributed by atoms with van der Waals surface area (Å²) in [4.78, 5) is 3.19. The molecule has 2 aliphatic carbocycles. The van der Waals surface area contributed by atoms with Gasteiger partial charge in [-0.15, -0.1) is 11.3 Å².